The number of carbonyl (C=O) groups excluding carboxylic acids is 1. The van der Waals surface area contributed by atoms with Gasteiger partial charge in [-0.2, -0.15) is 0 Å². The normalized spacial score (nSPS) is 10.0. The van der Waals surface area contributed by atoms with Gasteiger partial charge < -0.3 is 10.1 Å². The van der Waals surface area contributed by atoms with Crippen LogP contribution in [0.3, 0.4) is 0 Å². The van der Waals surface area contributed by atoms with Crippen LogP contribution in [0.2, 0.25) is 0 Å². The SMILES string of the molecule is Cc1cccnc1NC(=S)NC(=O)OCC(C)C. The average Bonchev–Trinajstić information content (AvgIpc) is 2.29. The molecule has 1 amide bonds. The predicted molar refractivity (Wildman–Crippen MR) is 74.5 cm³/mol. The van der Waals surface area contributed by atoms with Crippen LogP contribution in [0.25, 0.3) is 0 Å². The minimum Gasteiger partial charge on any atom is -0.449 e. The maximum Gasteiger partial charge on any atom is 0.413 e. The number of aryl methyl sites for hydroxylation is 1. The van der Waals surface area contributed by atoms with Crippen LogP contribution < -0.4 is 10.6 Å². The summed E-state index contributed by atoms with van der Waals surface area (Å²) in [6, 6.07) is 3.73. The van der Waals surface area contributed by atoms with Crippen molar-refractivity contribution in [2.75, 3.05) is 11.9 Å². The van der Waals surface area contributed by atoms with Gasteiger partial charge in [-0.05, 0) is 36.7 Å². The molecule has 0 spiro atoms. The van der Waals surface area contributed by atoms with Crippen molar-refractivity contribution < 1.29 is 9.53 Å². The van der Waals surface area contributed by atoms with Gasteiger partial charge in [0.05, 0.1) is 6.61 Å². The molecule has 1 aromatic heterocycles. The van der Waals surface area contributed by atoms with E-state index in [0.29, 0.717) is 12.4 Å². The standard InChI is InChI=1S/C12H17N3O2S/c1-8(2)7-17-12(16)15-11(18)14-10-9(3)5-4-6-13-10/h4-6,8H,7H2,1-3H3,(H2,13,14,15,16,18). The molecule has 0 radical (unpaired) electrons. The van der Waals surface area contributed by atoms with E-state index >= 15 is 0 Å². The Kier molecular flexibility index (Phi) is 5.51. The van der Waals surface area contributed by atoms with E-state index in [1.54, 1.807) is 6.20 Å². The minimum absolute atomic E-state index is 0.172. The van der Waals surface area contributed by atoms with Gasteiger partial charge in [-0.25, -0.2) is 9.78 Å². The molecular formula is C12H17N3O2S. The molecule has 98 valence electrons. The number of nitrogens with one attached hydrogen (secondary N) is 2. The van der Waals surface area contributed by atoms with Gasteiger partial charge in [0, 0.05) is 6.20 Å². The Morgan fingerprint density at radius 3 is 2.89 bits per heavy atom. The van der Waals surface area contributed by atoms with Gasteiger partial charge in [-0.1, -0.05) is 19.9 Å². The maximum absolute atomic E-state index is 11.4. The Balaban J connectivity index is 2.42. The van der Waals surface area contributed by atoms with Crippen molar-refractivity contribution in [2.24, 2.45) is 5.92 Å². The zero-order valence-electron chi connectivity index (χ0n) is 10.7. The van der Waals surface area contributed by atoms with Crippen LogP contribution in [0, 0.1) is 12.8 Å². The predicted octanol–water partition coefficient (Wildman–Crippen LogP) is 2.47. The van der Waals surface area contributed by atoms with E-state index in [1.165, 1.54) is 0 Å². The summed E-state index contributed by atoms with van der Waals surface area (Å²) in [5.41, 5.74) is 0.942. The highest BCUT2D eigenvalue weighted by Crippen LogP contribution is 2.08. The lowest BCUT2D eigenvalue weighted by Crippen LogP contribution is -2.35. The van der Waals surface area contributed by atoms with E-state index in [1.807, 2.05) is 32.9 Å². The number of thiocarbonyl (C=S) groups is 1. The topological polar surface area (TPSA) is 63.2 Å². The van der Waals surface area contributed by atoms with Crippen LogP contribution in [-0.4, -0.2) is 22.8 Å². The summed E-state index contributed by atoms with van der Waals surface area (Å²) in [7, 11) is 0. The Hall–Kier alpha value is -1.69. The van der Waals surface area contributed by atoms with E-state index in [-0.39, 0.29) is 11.0 Å². The van der Waals surface area contributed by atoms with E-state index in [2.05, 4.69) is 15.6 Å². The molecule has 0 aliphatic carbocycles. The third-order valence-corrected chi connectivity index (χ3v) is 2.21. The number of alkyl carbamates (subject to hydrolysis) is 1. The fourth-order valence-corrected chi connectivity index (χ4v) is 1.31. The number of hydrogen-bond acceptors (Lipinski definition) is 4. The molecule has 0 unspecified atom stereocenters. The summed E-state index contributed by atoms with van der Waals surface area (Å²) < 4.78 is 4.94. The van der Waals surface area contributed by atoms with Gasteiger partial charge in [0.1, 0.15) is 5.82 Å². The van der Waals surface area contributed by atoms with Gasteiger partial charge in [-0.15, -0.1) is 0 Å². The third-order valence-electron chi connectivity index (χ3n) is 2.00. The maximum atomic E-state index is 11.4. The van der Waals surface area contributed by atoms with Crippen LogP contribution in [0.15, 0.2) is 18.3 Å². The summed E-state index contributed by atoms with van der Waals surface area (Å²) in [6.45, 7) is 6.17. The monoisotopic (exact) mass is 267 g/mol. The molecule has 0 bridgehead atoms. The molecule has 1 rings (SSSR count). The lowest BCUT2D eigenvalue weighted by atomic mass is 10.2. The zero-order chi connectivity index (χ0) is 13.5. The second kappa shape index (κ2) is 6.90. The second-order valence-electron chi connectivity index (χ2n) is 4.24. The first-order chi connectivity index (χ1) is 8.49. The molecule has 18 heavy (non-hydrogen) atoms. The van der Waals surface area contributed by atoms with E-state index in [9.17, 15) is 4.79 Å². The number of aromatic nitrogens is 1. The molecule has 0 aliphatic rings. The van der Waals surface area contributed by atoms with Crippen molar-refractivity contribution in [1.29, 1.82) is 0 Å². The first kappa shape index (κ1) is 14.4. The number of carbonyl (C=O) groups is 1. The van der Waals surface area contributed by atoms with Crippen LogP contribution in [-0.2, 0) is 4.74 Å². The highest BCUT2D eigenvalue weighted by atomic mass is 32.1. The Labute approximate surface area is 112 Å². The van der Waals surface area contributed by atoms with Crippen LogP contribution in [0.1, 0.15) is 19.4 Å². The van der Waals surface area contributed by atoms with E-state index < -0.39 is 6.09 Å². The largest absolute Gasteiger partial charge is 0.449 e. The summed E-state index contributed by atoms with van der Waals surface area (Å²) in [4.78, 5) is 15.5. The molecule has 1 aromatic rings. The van der Waals surface area contributed by atoms with Gasteiger partial charge in [0.2, 0.25) is 0 Å². The molecule has 1 heterocycles. The molecule has 0 aliphatic heterocycles. The molecular weight excluding hydrogens is 250 g/mol. The molecule has 0 saturated carbocycles. The van der Waals surface area contributed by atoms with Crippen LogP contribution >= 0.6 is 12.2 Å². The Morgan fingerprint density at radius 1 is 1.56 bits per heavy atom. The molecule has 6 heteroatoms. The summed E-state index contributed by atoms with van der Waals surface area (Å²) in [5.74, 6) is 0.905. The van der Waals surface area contributed by atoms with Crippen molar-refractivity contribution in [3.8, 4) is 0 Å². The number of hydrogen-bond donors (Lipinski definition) is 2. The van der Waals surface area contributed by atoms with Gasteiger partial charge in [0.25, 0.3) is 0 Å². The van der Waals surface area contributed by atoms with Crippen molar-refractivity contribution in [3.63, 3.8) is 0 Å². The van der Waals surface area contributed by atoms with Gasteiger partial charge in [-0.3, -0.25) is 5.32 Å². The van der Waals surface area contributed by atoms with Gasteiger partial charge >= 0.3 is 6.09 Å². The van der Waals surface area contributed by atoms with Crippen molar-refractivity contribution in [2.45, 2.75) is 20.8 Å². The zero-order valence-corrected chi connectivity index (χ0v) is 11.5. The summed E-state index contributed by atoms with van der Waals surface area (Å²) in [6.07, 6.45) is 1.09. The first-order valence-corrected chi connectivity index (χ1v) is 6.06. The fraction of sp³-hybridized carbons (Fsp3) is 0.417. The molecule has 0 saturated heterocycles. The Bertz CT molecular complexity index is 435. The van der Waals surface area contributed by atoms with Gasteiger partial charge in [0.15, 0.2) is 5.11 Å². The average molecular weight is 267 g/mol. The molecule has 0 aromatic carbocycles. The lowest BCUT2D eigenvalue weighted by molar-refractivity contribution is 0.138. The number of rotatable bonds is 3. The quantitative estimate of drug-likeness (QED) is 0.824. The van der Waals surface area contributed by atoms with Crippen LogP contribution in [0.4, 0.5) is 10.6 Å². The molecule has 0 atom stereocenters. The summed E-state index contributed by atoms with van der Waals surface area (Å²) >= 11 is 4.99. The number of amides is 1. The van der Waals surface area contributed by atoms with Crippen molar-refractivity contribution in [3.05, 3.63) is 23.9 Å². The van der Waals surface area contributed by atoms with E-state index in [4.69, 9.17) is 17.0 Å². The number of ether oxygens (including phenoxy) is 1. The summed E-state index contributed by atoms with van der Waals surface area (Å²) in [5, 5.41) is 5.44. The third kappa shape index (κ3) is 5.09. The number of anilines is 1. The minimum atomic E-state index is -0.560. The smallest absolute Gasteiger partial charge is 0.413 e. The van der Waals surface area contributed by atoms with Crippen molar-refractivity contribution in [1.82, 2.24) is 10.3 Å². The molecule has 0 fully saturated rings. The number of nitrogens with zero attached hydrogens (tertiary/aromatic N) is 1. The lowest BCUT2D eigenvalue weighted by Gasteiger charge is -2.11. The second-order valence-corrected chi connectivity index (χ2v) is 4.65. The highest BCUT2D eigenvalue weighted by Gasteiger charge is 2.08. The van der Waals surface area contributed by atoms with Crippen molar-refractivity contribution >= 4 is 29.2 Å². The van der Waals surface area contributed by atoms with Crippen LogP contribution in [0.5, 0.6) is 0 Å². The first-order valence-electron chi connectivity index (χ1n) is 5.65. The molecule has 5 nitrogen and oxygen atoms in total. The Morgan fingerprint density at radius 2 is 2.28 bits per heavy atom. The highest BCUT2D eigenvalue weighted by molar-refractivity contribution is 7.80. The fourth-order valence-electron chi connectivity index (χ4n) is 1.13. The van der Waals surface area contributed by atoms with E-state index in [0.717, 1.165) is 5.56 Å². The number of pyridine rings is 1. The molecule has 2 N–H and O–H groups in total.